The molecular formula is C70H145N27O9. The van der Waals surface area contributed by atoms with Crippen LogP contribution in [0.2, 0.25) is 0 Å². The van der Waals surface area contributed by atoms with Crippen molar-refractivity contribution >= 4 is 59.4 Å². The van der Waals surface area contributed by atoms with Crippen molar-refractivity contribution in [3.8, 4) is 0 Å². The van der Waals surface area contributed by atoms with Gasteiger partial charge < -0.3 is 137 Å². The van der Waals surface area contributed by atoms with Crippen LogP contribution in [0, 0.1) is 30.8 Å². The number of aliphatic imine (C=N–C) groups is 3. The number of amides is 5. The van der Waals surface area contributed by atoms with Gasteiger partial charge >= 0.3 is 11.9 Å². The lowest BCUT2D eigenvalue weighted by molar-refractivity contribution is -0.143. The van der Waals surface area contributed by atoms with Gasteiger partial charge in [-0.05, 0) is 134 Å². The molecule has 0 bridgehead atoms. The molecule has 1 aliphatic heterocycles. The molecular weight excluding hydrogens is 1360 g/mol. The maximum Gasteiger partial charge on any atom is 0.326 e. The lowest BCUT2D eigenvalue weighted by Crippen LogP contribution is -2.57. The highest BCUT2D eigenvalue weighted by molar-refractivity contribution is 5.97. The summed E-state index contributed by atoms with van der Waals surface area (Å²) < 4.78 is 0. The quantitative estimate of drug-likeness (QED) is 0.0156. The molecule has 1 aliphatic rings. The third kappa shape index (κ3) is 50.3. The minimum Gasteiger partial charge on any atom is -0.481 e. The van der Waals surface area contributed by atoms with Crippen LogP contribution in [0.15, 0.2) is 15.0 Å². The van der Waals surface area contributed by atoms with E-state index in [9.17, 15) is 43.8 Å². The van der Waals surface area contributed by atoms with Crippen molar-refractivity contribution in [2.45, 2.75) is 249 Å². The van der Waals surface area contributed by atoms with Crippen LogP contribution in [0.3, 0.4) is 0 Å². The van der Waals surface area contributed by atoms with E-state index in [-0.39, 0.29) is 72.8 Å². The highest BCUT2D eigenvalue weighted by Gasteiger charge is 2.33. The summed E-state index contributed by atoms with van der Waals surface area (Å²) in [6, 6.07) is -3.89. The number of carbonyl (C=O) groups is 7. The lowest BCUT2D eigenvalue weighted by Gasteiger charge is -2.34. The molecule has 36 nitrogen and oxygen atoms in total. The highest BCUT2D eigenvalue weighted by Crippen LogP contribution is 2.20. The van der Waals surface area contributed by atoms with Crippen LogP contribution in [0.1, 0.15) is 176 Å². The van der Waals surface area contributed by atoms with Gasteiger partial charge in [-0.15, -0.1) is 0 Å². The second kappa shape index (κ2) is 59.5. The molecule has 0 spiro atoms. The van der Waals surface area contributed by atoms with Gasteiger partial charge in [0, 0.05) is 152 Å². The van der Waals surface area contributed by atoms with Gasteiger partial charge in [-0.1, -0.05) is 60.8 Å². The fraction of sp³-hybridized carbons (Fsp3) is 0.829. The number of nitrogens with zero attached hydrogens (tertiary/aromatic N) is 4. The topological polar surface area (TPSA) is 631 Å². The number of nitrogens with two attached hydrogens (primary N) is 11. The Morgan fingerprint density at radius 2 is 0.962 bits per heavy atom. The van der Waals surface area contributed by atoms with Gasteiger partial charge in [0.1, 0.15) is 24.7 Å². The van der Waals surface area contributed by atoms with Crippen LogP contribution >= 0.6 is 0 Å². The highest BCUT2D eigenvalue weighted by atomic mass is 16.4. The summed E-state index contributed by atoms with van der Waals surface area (Å²) in [6.07, 6.45) is 12.6. The number of rotatable bonds is 69. The zero-order valence-electron chi connectivity index (χ0n) is 64.9. The van der Waals surface area contributed by atoms with E-state index in [0.717, 1.165) is 155 Å². The van der Waals surface area contributed by atoms with Crippen molar-refractivity contribution in [3.05, 3.63) is 13.1 Å². The van der Waals surface area contributed by atoms with Gasteiger partial charge in [-0.3, -0.25) is 48.6 Å². The van der Waals surface area contributed by atoms with Crippen molar-refractivity contribution < 1.29 is 43.8 Å². The number of guanidine groups is 3. The monoisotopic (exact) mass is 1510 g/mol. The normalized spacial score (nSPS) is 16.7. The SMILES string of the molecule is CC[C@H](C)[C@@H](CN[C@@H](CCCN=C(N)N)CN1CCC[C@H]1CN[C@@H](CCCCN)CN[C@H](CN[C@@H](CCCCN)CN[CH]C(=O)N[C@@H](CC(=O)O)C(=O)N[C@@H](CC(N)=O)C(=O)N[C@@H](CCC(N)=O)C(=O)O)CC(C)C)NC[C@H](CCCN=C(N)N)NC[C@H](CCCN=C(N)N)NC[C@H](CC(C)C)NC[CH]N. The molecule has 614 valence electrons. The second-order valence-corrected chi connectivity index (χ2v) is 29.2. The third-order valence-corrected chi connectivity index (χ3v) is 18.8. The van der Waals surface area contributed by atoms with E-state index in [0.29, 0.717) is 82.6 Å². The largest absolute Gasteiger partial charge is 0.481 e. The number of hydrogen-bond acceptors (Lipinski definition) is 23. The number of unbranched alkanes of at least 4 members (excludes halogenated alkanes) is 2. The molecule has 0 aromatic carbocycles. The average molecular weight is 1510 g/mol. The molecule has 1 rings (SSSR count). The lowest BCUT2D eigenvalue weighted by atomic mass is 9.97. The van der Waals surface area contributed by atoms with Crippen molar-refractivity contribution in [1.82, 2.24) is 68.7 Å². The molecule has 1 saturated heterocycles. The van der Waals surface area contributed by atoms with E-state index in [4.69, 9.17) is 63.1 Å². The van der Waals surface area contributed by atoms with E-state index >= 15 is 0 Å². The van der Waals surface area contributed by atoms with Crippen molar-refractivity contribution in [2.75, 3.05) is 105 Å². The molecule has 0 unspecified atom stereocenters. The van der Waals surface area contributed by atoms with Gasteiger partial charge in [-0.2, -0.15) is 0 Å². The summed E-state index contributed by atoms with van der Waals surface area (Å²) in [6.45, 7) is 26.7. The van der Waals surface area contributed by atoms with Crippen LogP contribution in [0.25, 0.3) is 0 Å². The molecule has 1 fully saturated rings. The second-order valence-electron chi connectivity index (χ2n) is 29.2. The number of carboxylic acid groups (broad SMARTS) is 2. The minimum atomic E-state index is -1.77. The molecule has 0 aliphatic carbocycles. The fourth-order valence-electron chi connectivity index (χ4n) is 12.8. The van der Waals surface area contributed by atoms with Crippen molar-refractivity contribution in [2.24, 2.45) is 95.8 Å². The van der Waals surface area contributed by atoms with E-state index < -0.39 is 85.3 Å². The molecule has 0 aromatic rings. The zero-order valence-corrected chi connectivity index (χ0v) is 64.9. The predicted molar refractivity (Wildman–Crippen MR) is 422 cm³/mol. The van der Waals surface area contributed by atoms with Gasteiger partial charge in [0.25, 0.3) is 0 Å². The Morgan fingerprint density at radius 3 is 1.43 bits per heavy atom. The molecule has 36 heteroatoms. The average Bonchev–Trinajstić information content (AvgIpc) is 1.50. The number of primary amides is 2. The zero-order chi connectivity index (χ0) is 79.2. The van der Waals surface area contributed by atoms with Crippen molar-refractivity contribution in [3.63, 3.8) is 0 Å². The number of carboxylic acids is 2. The fourth-order valence-corrected chi connectivity index (χ4v) is 12.8. The number of hydrogen-bond donors (Lipinski definition) is 25. The van der Waals surface area contributed by atoms with Crippen LogP contribution < -0.4 is 127 Å². The molecule has 1 heterocycles. The number of aliphatic carboxylic acids is 2. The Morgan fingerprint density at radius 1 is 0.509 bits per heavy atom. The Labute approximate surface area is 631 Å². The molecule has 2 radical (unpaired) electrons. The van der Waals surface area contributed by atoms with Crippen molar-refractivity contribution in [1.29, 1.82) is 0 Å². The van der Waals surface area contributed by atoms with Crippen LogP contribution in [0.5, 0.6) is 0 Å². The number of carbonyl (C=O) groups excluding carboxylic acids is 5. The van der Waals surface area contributed by atoms with Gasteiger partial charge in [0.05, 0.1) is 12.8 Å². The molecule has 106 heavy (non-hydrogen) atoms. The summed E-state index contributed by atoms with van der Waals surface area (Å²) in [5.41, 5.74) is 62.7. The third-order valence-electron chi connectivity index (χ3n) is 18.8. The summed E-state index contributed by atoms with van der Waals surface area (Å²) in [5, 5.41) is 60.0. The Balaban J connectivity index is 3.32. The number of likely N-dealkylation sites (tertiary alicyclic amines) is 1. The van der Waals surface area contributed by atoms with Crippen LogP contribution in [-0.4, -0.2) is 252 Å². The first-order chi connectivity index (χ1) is 50.5. The molecule has 13 atom stereocenters. The predicted octanol–water partition coefficient (Wildman–Crippen LogP) is -4.30. The van der Waals surface area contributed by atoms with E-state index in [1.807, 2.05) is 0 Å². The maximum absolute atomic E-state index is 13.5. The first kappa shape index (κ1) is 97.6. The Hall–Kier alpha value is -6.42. The molecule has 36 N–H and O–H groups in total. The van der Waals surface area contributed by atoms with Gasteiger partial charge in [-0.25, -0.2) is 4.79 Å². The van der Waals surface area contributed by atoms with E-state index in [1.165, 1.54) is 0 Å². The van der Waals surface area contributed by atoms with Gasteiger partial charge in [0.15, 0.2) is 17.9 Å². The molecule has 5 amide bonds. The standard InChI is InChI=1S/C70H145N27O9/c1-7-48(6)60(93-39-52(19-13-28-85-69(78)79)87-37-51(18-12-27-84-68(76)77)89-40-54(32-46(2)3)83-30-26-73)43-92-53(20-14-29-86-70(80)81)45-97-31-15-21-56(97)42-91-50(17-9-11-25-72)38-90-55(33-47(4)5)41-88-49(16-8-10-24-71)36-82-44-63(100)94-59(35-64(101)102)66(104)96-58(34-62(75)99)65(103)95-57(67(105)106)22-23-61(74)98/h26,44,46-60,82-83,87-93H,7-25,27-43,45,71-73H2,1-6H3,(H2,74,98)(H2,75,99)(H,94,100)(H,95,103)(H,96,104)(H,101,102)(H,105,106)(H4,76,77,84)(H4,78,79,85)(H4,80,81,86)/t48-,49-,50-,51-,52-,53-,54-,55-,56-,57-,58-,59-,60+/m0/s1. The molecule has 0 saturated carbocycles. The summed E-state index contributed by atoms with van der Waals surface area (Å²) in [7, 11) is 0. The minimum absolute atomic E-state index is 0.0689. The summed E-state index contributed by atoms with van der Waals surface area (Å²) >= 11 is 0. The van der Waals surface area contributed by atoms with Crippen LogP contribution in [0.4, 0.5) is 0 Å². The van der Waals surface area contributed by atoms with E-state index in [2.05, 4.69) is 125 Å². The van der Waals surface area contributed by atoms with Gasteiger partial charge in [0.2, 0.25) is 29.5 Å². The maximum atomic E-state index is 13.5. The van der Waals surface area contributed by atoms with E-state index in [1.54, 1.807) is 6.54 Å². The smallest absolute Gasteiger partial charge is 0.326 e. The first-order valence-corrected chi connectivity index (χ1v) is 38.7. The molecule has 0 aromatic heterocycles. The summed E-state index contributed by atoms with van der Waals surface area (Å²) in [4.78, 5) is 103. The van der Waals surface area contributed by atoms with Crippen LogP contribution in [-0.2, 0) is 33.6 Å². The number of nitrogens with one attached hydrogen (secondary N) is 12. The first-order valence-electron chi connectivity index (χ1n) is 38.7. The summed E-state index contributed by atoms with van der Waals surface area (Å²) in [5.74, 6) is -6.58. The Kier molecular flexibility index (Phi) is 54.8. The Bertz CT molecular complexity index is 2500.